The molecule has 0 aliphatic rings. The van der Waals surface area contributed by atoms with Gasteiger partial charge in [0.25, 0.3) is 0 Å². The van der Waals surface area contributed by atoms with E-state index in [2.05, 4.69) is 20.9 Å². The molecule has 2 rings (SSSR count). The van der Waals surface area contributed by atoms with E-state index in [1.807, 2.05) is 25.1 Å². The van der Waals surface area contributed by atoms with Crippen molar-refractivity contribution in [2.45, 2.75) is 6.92 Å². The number of carbonyl (C=O) groups excluding carboxylic acids is 1. The third-order valence-corrected chi connectivity index (χ3v) is 2.78. The molecule has 0 saturated carbocycles. The molecule has 80 valence electrons. The van der Waals surface area contributed by atoms with Crippen LogP contribution in [0.3, 0.4) is 0 Å². The summed E-state index contributed by atoms with van der Waals surface area (Å²) >= 11 is 3.34. The van der Waals surface area contributed by atoms with Crippen LogP contribution in [0.2, 0.25) is 0 Å². The van der Waals surface area contributed by atoms with Gasteiger partial charge in [-0.2, -0.15) is 0 Å². The third kappa shape index (κ3) is 2.36. The van der Waals surface area contributed by atoms with Crippen LogP contribution in [-0.4, -0.2) is 10.8 Å². The quantitative estimate of drug-likeness (QED) is 0.787. The highest BCUT2D eigenvalue weighted by atomic mass is 79.9. The van der Waals surface area contributed by atoms with Gasteiger partial charge in [0, 0.05) is 16.2 Å². The molecule has 1 aromatic carbocycles. The predicted octanol–water partition coefficient (Wildman–Crippen LogP) is 3.38. The molecule has 0 amide bonds. The van der Waals surface area contributed by atoms with Gasteiger partial charge < -0.3 is 0 Å². The van der Waals surface area contributed by atoms with Crippen LogP contribution in [0.4, 0.5) is 0 Å². The number of hydrogen-bond acceptors (Lipinski definition) is 2. The fraction of sp³-hybridized carbons (Fsp3) is 0.0769. The summed E-state index contributed by atoms with van der Waals surface area (Å²) in [5.41, 5.74) is 2.18. The maximum absolute atomic E-state index is 12.0. The smallest absolute Gasteiger partial charge is 0.211 e. The van der Waals surface area contributed by atoms with E-state index in [0.29, 0.717) is 11.3 Å². The van der Waals surface area contributed by atoms with Crippen molar-refractivity contribution in [1.82, 2.24) is 4.98 Å². The van der Waals surface area contributed by atoms with E-state index >= 15 is 0 Å². The van der Waals surface area contributed by atoms with Crippen molar-refractivity contribution >= 4 is 21.7 Å². The lowest BCUT2D eigenvalue weighted by molar-refractivity contribution is 0.103. The predicted molar refractivity (Wildman–Crippen MR) is 66.5 cm³/mol. The van der Waals surface area contributed by atoms with Crippen molar-refractivity contribution in [1.29, 1.82) is 0 Å². The molecule has 3 heteroatoms. The van der Waals surface area contributed by atoms with Gasteiger partial charge in [0.05, 0.1) is 0 Å². The lowest BCUT2D eigenvalue weighted by Gasteiger charge is -2.01. The molecule has 0 spiro atoms. The standard InChI is InChI=1S/C13H10BrNO/c1-9-6-7-15-12(8-9)13(16)10-2-4-11(14)5-3-10/h2-8H,1H3. The van der Waals surface area contributed by atoms with Crippen LogP contribution in [0, 0.1) is 6.92 Å². The van der Waals surface area contributed by atoms with Crippen LogP contribution in [-0.2, 0) is 0 Å². The molecule has 2 aromatic rings. The average molecular weight is 276 g/mol. The minimum atomic E-state index is -0.0452. The Morgan fingerprint density at radius 2 is 1.88 bits per heavy atom. The molecule has 0 atom stereocenters. The molecule has 0 aliphatic heterocycles. The van der Waals surface area contributed by atoms with Crippen molar-refractivity contribution in [3.05, 3.63) is 63.9 Å². The van der Waals surface area contributed by atoms with Gasteiger partial charge in [-0.15, -0.1) is 0 Å². The second kappa shape index (κ2) is 4.58. The van der Waals surface area contributed by atoms with Gasteiger partial charge in [-0.3, -0.25) is 9.78 Å². The average Bonchev–Trinajstić information content (AvgIpc) is 2.29. The van der Waals surface area contributed by atoms with Crippen molar-refractivity contribution in [3.63, 3.8) is 0 Å². The number of benzene rings is 1. The fourth-order valence-corrected chi connectivity index (χ4v) is 1.67. The second-order valence-electron chi connectivity index (χ2n) is 3.55. The molecule has 0 N–H and O–H groups in total. The highest BCUT2D eigenvalue weighted by molar-refractivity contribution is 9.10. The van der Waals surface area contributed by atoms with Gasteiger partial charge in [-0.1, -0.05) is 15.9 Å². The number of carbonyl (C=O) groups is 1. The number of hydrogen-bond donors (Lipinski definition) is 0. The van der Waals surface area contributed by atoms with E-state index in [1.54, 1.807) is 24.4 Å². The first-order valence-electron chi connectivity index (χ1n) is 4.90. The Morgan fingerprint density at radius 3 is 2.50 bits per heavy atom. The van der Waals surface area contributed by atoms with Gasteiger partial charge >= 0.3 is 0 Å². The zero-order valence-corrected chi connectivity index (χ0v) is 10.4. The lowest BCUT2D eigenvalue weighted by Crippen LogP contribution is -2.03. The van der Waals surface area contributed by atoms with Crippen LogP contribution < -0.4 is 0 Å². The maximum atomic E-state index is 12.0. The molecule has 0 unspecified atom stereocenters. The van der Waals surface area contributed by atoms with Gasteiger partial charge in [-0.05, 0) is 48.9 Å². The molecule has 0 fully saturated rings. The van der Waals surface area contributed by atoms with Crippen molar-refractivity contribution in [3.8, 4) is 0 Å². The number of nitrogens with zero attached hydrogens (tertiary/aromatic N) is 1. The highest BCUT2D eigenvalue weighted by Crippen LogP contribution is 2.13. The number of aromatic nitrogens is 1. The van der Waals surface area contributed by atoms with E-state index in [-0.39, 0.29) is 5.78 Å². The van der Waals surface area contributed by atoms with E-state index in [1.165, 1.54) is 0 Å². The third-order valence-electron chi connectivity index (χ3n) is 2.25. The number of ketones is 1. The SMILES string of the molecule is Cc1ccnc(C(=O)c2ccc(Br)cc2)c1. The Morgan fingerprint density at radius 1 is 1.19 bits per heavy atom. The van der Waals surface area contributed by atoms with Gasteiger partial charge in [0.2, 0.25) is 5.78 Å². The normalized spacial score (nSPS) is 10.1. The number of pyridine rings is 1. The minimum Gasteiger partial charge on any atom is -0.287 e. The first-order valence-corrected chi connectivity index (χ1v) is 5.69. The zero-order valence-electron chi connectivity index (χ0n) is 8.77. The maximum Gasteiger partial charge on any atom is 0.211 e. The number of rotatable bonds is 2. The van der Waals surface area contributed by atoms with E-state index in [4.69, 9.17) is 0 Å². The molecular formula is C13H10BrNO. The summed E-state index contributed by atoms with van der Waals surface area (Å²) < 4.78 is 0.959. The first kappa shape index (κ1) is 11.0. The van der Waals surface area contributed by atoms with Gasteiger partial charge in [0.1, 0.15) is 5.69 Å². The Labute approximate surface area is 102 Å². The molecule has 1 heterocycles. The van der Waals surface area contributed by atoms with Gasteiger partial charge in [0.15, 0.2) is 0 Å². The number of aryl methyl sites for hydroxylation is 1. The van der Waals surface area contributed by atoms with E-state index < -0.39 is 0 Å². The summed E-state index contributed by atoms with van der Waals surface area (Å²) in [6.07, 6.45) is 1.65. The molecule has 0 saturated heterocycles. The molecule has 1 aromatic heterocycles. The van der Waals surface area contributed by atoms with Crippen molar-refractivity contribution in [2.24, 2.45) is 0 Å². The molecule has 0 aliphatic carbocycles. The lowest BCUT2D eigenvalue weighted by atomic mass is 10.1. The Hall–Kier alpha value is -1.48. The molecule has 0 radical (unpaired) electrons. The highest BCUT2D eigenvalue weighted by Gasteiger charge is 2.09. The molecule has 0 bridgehead atoms. The fourth-order valence-electron chi connectivity index (χ4n) is 1.41. The minimum absolute atomic E-state index is 0.0452. The van der Waals surface area contributed by atoms with Crippen molar-refractivity contribution in [2.75, 3.05) is 0 Å². The Bertz CT molecular complexity index is 520. The monoisotopic (exact) mass is 275 g/mol. The number of halogens is 1. The van der Waals surface area contributed by atoms with Gasteiger partial charge in [-0.25, -0.2) is 0 Å². The first-order chi connectivity index (χ1) is 7.66. The summed E-state index contributed by atoms with van der Waals surface area (Å²) in [5.74, 6) is -0.0452. The molecular weight excluding hydrogens is 266 g/mol. The topological polar surface area (TPSA) is 30.0 Å². The summed E-state index contributed by atoms with van der Waals surface area (Å²) in [4.78, 5) is 16.1. The van der Waals surface area contributed by atoms with Crippen LogP contribution >= 0.6 is 15.9 Å². The van der Waals surface area contributed by atoms with Crippen LogP contribution in [0.5, 0.6) is 0 Å². The van der Waals surface area contributed by atoms with E-state index in [9.17, 15) is 4.79 Å². The van der Waals surface area contributed by atoms with Crippen molar-refractivity contribution < 1.29 is 4.79 Å². The summed E-state index contributed by atoms with van der Waals surface area (Å²) in [6.45, 7) is 1.94. The summed E-state index contributed by atoms with van der Waals surface area (Å²) in [5, 5.41) is 0. The van der Waals surface area contributed by atoms with Crippen LogP contribution in [0.1, 0.15) is 21.6 Å². The summed E-state index contributed by atoms with van der Waals surface area (Å²) in [6, 6.07) is 10.9. The summed E-state index contributed by atoms with van der Waals surface area (Å²) in [7, 11) is 0. The van der Waals surface area contributed by atoms with Crippen LogP contribution in [0.25, 0.3) is 0 Å². The van der Waals surface area contributed by atoms with Crippen LogP contribution in [0.15, 0.2) is 47.1 Å². The molecule has 16 heavy (non-hydrogen) atoms. The molecule has 2 nitrogen and oxygen atoms in total. The zero-order chi connectivity index (χ0) is 11.5. The second-order valence-corrected chi connectivity index (χ2v) is 4.47. The Kier molecular flexibility index (Phi) is 3.15. The largest absolute Gasteiger partial charge is 0.287 e. The Balaban J connectivity index is 2.35. The van der Waals surface area contributed by atoms with E-state index in [0.717, 1.165) is 10.0 Å².